The molecule has 1 rings (SSSR count). The summed E-state index contributed by atoms with van der Waals surface area (Å²) in [5.41, 5.74) is 0. The molecule has 19 heavy (non-hydrogen) atoms. The molecule has 0 atom stereocenters. The zero-order valence-electron chi connectivity index (χ0n) is 12.3. The van der Waals surface area contributed by atoms with Gasteiger partial charge in [-0.25, -0.2) is 13.1 Å². The van der Waals surface area contributed by atoms with Crippen molar-refractivity contribution in [3.8, 4) is 0 Å². The van der Waals surface area contributed by atoms with E-state index in [0.717, 1.165) is 5.82 Å². The quantitative estimate of drug-likeness (QED) is 0.823. The van der Waals surface area contributed by atoms with Crippen molar-refractivity contribution in [2.45, 2.75) is 46.6 Å². The van der Waals surface area contributed by atoms with Crippen LogP contribution in [0.2, 0.25) is 0 Å². The van der Waals surface area contributed by atoms with Gasteiger partial charge in [0.15, 0.2) is 0 Å². The summed E-state index contributed by atoms with van der Waals surface area (Å²) < 4.78 is 28.0. The fraction of sp³-hybridized carbons (Fsp3) is 0.833. The lowest BCUT2D eigenvalue weighted by atomic mass is 10.2. The molecule has 0 aromatic carbocycles. The summed E-state index contributed by atoms with van der Waals surface area (Å²) in [6.45, 7) is 8.26. The smallest absolute Gasteiger partial charge is 0.212 e. The number of aromatic nitrogens is 3. The van der Waals surface area contributed by atoms with Crippen LogP contribution in [0.3, 0.4) is 0 Å². The van der Waals surface area contributed by atoms with Gasteiger partial charge in [-0.2, -0.15) is 0 Å². The minimum Gasteiger partial charge on any atom is -0.317 e. The summed E-state index contributed by atoms with van der Waals surface area (Å²) in [6.07, 6.45) is 0.658. The molecular formula is C12H24N4O2S. The van der Waals surface area contributed by atoms with Gasteiger partial charge < -0.3 is 4.57 Å². The standard InChI is InChI=1S/C12H24N4O2S/c1-9(2)6-7-19(17,18)13-8-11-14-15-12(10(3)4)16(11)5/h9-10,13H,6-8H2,1-5H3. The van der Waals surface area contributed by atoms with E-state index in [9.17, 15) is 8.42 Å². The van der Waals surface area contributed by atoms with E-state index in [2.05, 4.69) is 14.9 Å². The first-order chi connectivity index (χ1) is 8.73. The Kier molecular flexibility index (Phi) is 5.49. The first kappa shape index (κ1) is 16.1. The van der Waals surface area contributed by atoms with Gasteiger partial charge in [-0.1, -0.05) is 27.7 Å². The first-order valence-electron chi connectivity index (χ1n) is 6.58. The Morgan fingerprint density at radius 3 is 2.32 bits per heavy atom. The maximum Gasteiger partial charge on any atom is 0.212 e. The van der Waals surface area contributed by atoms with Crippen LogP contribution < -0.4 is 4.72 Å². The van der Waals surface area contributed by atoms with Crippen LogP contribution in [0, 0.1) is 5.92 Å². The highest BCUT2D eigenvalue weighted by molar-refractivity contribution is 7.89. The van der Waals surface area contributed by atoms with E-state index in [1.165, 1.54) is 0 Å². The minimum absolute atomic E-state index is 0.152. The second kappa shape index (κ2) is 6.47. The van der Waals surface area contributed by atoms with Crippen LogP contribution in [0.25, 0.3) is 0 Å². The van der Waals surface area contributed by atoms with Gasteiger partial charge in [0, 0.05) is 13.0 Å². The van der Waals surface area contributed by atoms with Crippen LogP contribution in [-0.4, -0.2) is 28.9 Å². The molecule has 0 spiro atoms. The zero-order valence-corrected chi connectivity index (χ0v) is 13.2. The number of hydrogen-bond acceptors (Lipinski definition) is 4. The second-order valence-corrected chi connectivity index (χ2v) is 7.44. The molecule has 1 heterocycles. The molecule has 1 aromatic rings. The average molecular weight is 288 g/mol. The maximum atomic E-state index is 11.8. The molecule has 0 aliphatic heterocycles. The van der Waals surface area contributed by atoms with Gasteiger partial charge >= 0.3 is 0 Å². The summed E-state index contributed by atoms with van der Waals surface area (Å²) >= 11 is 0. The Hall–Kier alpha value is -0.950. The molecule has 0 saturated carbocycles. The summed E-state index contributed by atoms with van der Waals surface area (Å²) in [5, 5.41) is 8.09. The molecule has 0 aliphatic carbocycles. The number of hydrogen-bond donors (Lipinski definition) is 1. The van der Waals surface area contributed by atoms with Gasteiger partial charge in [0.2, 0.25) is 10.0 Å². The van der Waals surface area contributed by atoms with Crippen molar-refractivity contribution in [1.82, 2.24) is 19.5 Å². The van der Waals surface area contributed by atoms with E-state index in [4.69, 9.17) is 0 Å². The van der Waals surface area contributed by atoms with E-state index in [-0.39, 0.29) is 18.2 Å². The third-order valence-electron chi connectivity index (χ3n) is 2.93. The molecule has 7 heteroatoms. The highest BCUT2D eigenvalue weighted by Gasteiger charge is 2.15. The van der Waals surface area contributed by atoms with Crippen LogP contribution in [-0.2, 0) is 23.6 Å². The maximum absolute atomic E-state index is 11.8. The fourth-order valence-electron chi connectivity index (χ4n) is 1.67. The van der Waals surface area contributed by atoms with E-state index >= 15 is 0 Å². The normalized spacial score (nSPS) is 12.6. The molecule has 0 unspecified atom stereocenters. The van der Waals surface area contributed by atoms with Crippen LogP contribution in [0.1, 0.15) is 51.7 Å². The molecule has 0 saturated heterocycles. The predicted octanol–water partition coefficient (Wildman–Crippen LogP) is 1.40. The topological polar surface area (TPSA) is 76.9 Å². The van der Waals surface area contributed by atoms with E-state index in [1.807, 2.05) is 39.3 Å². The molecule has 6 nitrogen and oxygen atoms in total. The highest BCUT2D eigenvalue weighted by Crippen LogP contribution is 2.11. The van der Waals surface area contributed by atoms with Crippen molar-refractivity contribution in [3.05, 3.63) is 11.6 Å². The van der Waals surface area contributed by atoms with Crippen molar-refractivity contribution < 1.29 is 8.42 Å². The van der Waals surface area contributed by atoms with Crippen LogP contribution in [0.4, 0.5) is 0 Å². The second-order valence-electron chi connectivity index (χ2n) is 5.51. The van der Waals surface area contributed by atoms with Crippen molar-refractivity contribution in [1.29, 1.82) is 0 Å². The Morgan fingerprint density at radius 1 is 1.21 bits per heavy atom. The lowest BCUT2D eigenvalue weighted by molar-refractivity contribution is 0.558. The minimum atomic E-state index is -3.23. The van der Waals surface area contributed by atoms with Crippen LogP contribution >= 0.6 is 0 Å². The lowest BCUT2D eigenvalue weighted by Gasteiger charge is -2.09. The van der Waals surface area contributed by atoms with Crippen LogP contribution in [0.15, 0.2) is 0 Å². The van der Waals surface area contributed by atoms with Gasteiger partial charge in [0.1, 0.15) is 11.6 Å². The SMILES string of the molecule is CC(C)CCS(=O)(=O)NCc1nnc(C(C)C)n1C. The Morgan fingerprint density at radius 2 is 1.84 bits per heavy atom. The molecule has 0 radical (unpaired) electrons. The molecule has 0 amide bonds. The number of nitrogens with zero attached hydrogens (tertiary/aromatic N) is 3. The molecule has 0 aliphatic rings. The summed E-state index contributed by atoms with van der Waals surface area (Å²) in [7, 11) is -1.38. The molecule has 0 bridgehead atoms. The molecule has 1 aromatic heterocycles. The Bertz CT molecular complexity index is 506. The van der Waals surface area contributed by atoms with Crippen LogP contribution in [0.5, 0.6) is 0 Å². The molecule has 0 fully saturated rings. The van der Waals surface area contributed by atoms with Gasteiger partial charge in [-0.15, -0.1) is 10.2 Å². The first-order valence-corrected chi connectivity index (χ1v) is 8.23. The Balaban J connectivity index is 2.62. The monoisotopic (exact) mass is 288 g/mol. The number of sulfonamides is 1. The summed E-state index contributed by atoms with van der Waals surface area (Å²) in [6, 6.07) is 0. The largest absolute Gasteiger partial charge is 0.317 e. The number of rotatable bonds is 7. The number of nitrogens with one attached hydrogen (secondary N) is 1. The van der Waals surface area contributed by atoms with Crippen molar-refractivity contribution >= 4 is 10.0 Å². The van der Waals surface area contributed by atoms with Gasteiger partial charge in [-0.3, -0.25) is 0 Å². The van der Waals surface area contributed by atoms with E-state index < -0.39 is 10.0 Å². The Labute approximate surface area is 115 Å². The third kappa shape index (κ3) is 4.91. The highest BCUT2D eigenvalue weighted by atomic mass is 32.2. The summed E-state index contributed by atoms with van der Waals surface area (Å²) in [4.78, 5) is 0. The third-order valence-corrected chi connectivity index (χ3v) is 4.29. The predicted molar refractivity (Wildman–Crippen MR) is 75.2 cm³/mol. The fourth-order valence-corrected chi connectivity index (χ4v) is 2.94. The zero-order chi connectivity index (χ0) is 14.6. The van der Waals surface area contributed by atoms with E-state index in [1.54, 1.807) is 0 Å². The van der Waals surface area contributed by atoms with Gasteiger partial charge in [-0.05, 0) is 12.3 Å². The lowest BCUT2D eigenvalue weighted by Crippen LogP contribution is -2.27. The molecular weight excluding hydrogens is 264 g/mol. The van der Waals surface area contributed by atoms with Crippen molar-refractivity contribution in [2.24, 2.45) is 13.0 Å². The molecule has 110 valence electrons. The van der Waals surface area contributed by atoms with Gasteiger partial charge in [0.25, 0.3) is 0 Å². The average Bonchev–Trinajstić information content (AvgIpc) is 2.66. The summed E-state index contributed by atoms with van der Waals surface area (Å²) in [5.74, 6) is 2.29. The van der Waals surface area contributed by atoms with Gasteiger partial charge in [0.05, 0.1) is 12.3 Å². The van der Waals surface area contributed by atoms with Crippen molar-refractivity contribution in [2.75, 3.05) is 5.75 Å². The van der Waals surface area contributed by atoms with E-state index in [0.29, 0.717) is 18.2 Å². The van der Waals surface area contributed by atoms with Crippen molar-refractivity contribution in [3.63, 3.8) is 0 Å². The molecule has 1 N–H and O–H groups in total.